The van der Waals surface area contributed by atoms with E-state index in [2.05, 4.69) is 15.3 Å². The maximum atomic E-state index is 11.9. The highest BCUT2D eigenvalue weighted by Crippen LogP contribution is 2.20. The number of rotatable bonds is 6. The molecule has 0 atom stereocenters. The Morgan fingerprint density at radius 3 is 2.40 bits per heavy atom. The normalized spacial score (nSPS) is 10.1. The van der Waals surface area contributed by atoms with Crippen LogP contribution in [0.25, 0.3) is 0 Å². The lowest BCUT2D eigenvalue weighted by Gasteiger charge is -2.09. The number of aromatic nitrogens is 2. The molecule has 25 heavy (non-hydrogen) atoms. The lowest BCUT2D eigenvalue weighted by Crippen LogP contribution is -2.20. The fraction of sp³-hybridized carbons (Fsp3) is 0.105. The maximum Gasteiger partial charge on any atom is 0.262 e. The van der Waals surface area contributed by atoms with Gasteiger partial charge in [0.15, 0.2) is 6.61 Å². The molecule has 0 unspecified atom stereocenters. The molecule has 0 fully saturated rings. The van der Waals surface area contributed by atoms with Gasteiger partial charge in [-0.2, -0.15) is 0 Å². The molecule has 0 aliphatic heterocycles. The van der Waals surface area contributed by atoms with Gasteiger partial charge in [-0.3, -0.25) is 9.78 Å². The third kappa shape index (κ3) is 5.04. The van der Waals surface area contributed by atoms with E-state index in [4.69, 9.17) is 9.47 Å². The average molecular weight is 335 g/mol. The molecule has 6 heteroatoms. The van der Waals surface area contributed by atoms with Crippen LogP contribution in [0.5, 0.6) is 17.4 Å². The van der Waals surface area contributed by atoms with Crippen LogP contribution in [0, 0.1) is 6.92 Å². The number of amides is 1. The summed E-state index contributed by atoms with van der Waals surface area (Å²) in [4.78, 5) is 19.9. The van der Waals surface area contributed by atoms with E-state index >= 15 is 0 Å². The van der Waals surface area contributed by atoms with Crippen molar-refractivity contribution in [2.24, 2.45) is 0 Å². The molecule has 1 amide bonds. The molecular formula is C19H17N3O3. The fourth-order valence-electron chi connectivity index (χ4n) is 2.05. The van der Waals surface area contributed by atoms with Gasteiger partial charge in [-0.25, -0.2) is 4.98 Å². The Morgan fingerprint density at radius 2 is 1.72 bits per heavy atom. The summed E-state index contributed by atoms with van der Waals surface area (Å²) in [6.07, 6.45) is 4.65. The first-order valence-corrected chi connectivity index (χ1v) is 7.72. The zero-order valence-electron chi connectivity index (χ0n) is 13.7. The third-order valence-electron chi connectivity index (χ3n) is 3.29. The molecule has 0 saturated heterocycles. The van der Waals surface area contributed by atoms with Gasteiger partial charge >= 0.3 is 0 Å². The first kappa shape index (κ1) is 16.4. The molecule has 0 saturated carbocycles. The van der Waals surface area contributed by atoms with Gasteiger partial charge in [0, 0.05) is 18.1 Å². The van der Waals surface area contributed by atoms with E-state index in [0.717, 1.165) is 5.56 Å². The first-order valence-electron chi connectivity index (χ1n) is 7.72. The van der Waals surface area contributed by atoms with Crippen molar-refractivity contribution in [3.8, 4) is 17.4 Å². The van der Waals surface area contributed by atoms with E-state index in [1.54, 1.807) is 36.7 Å². The number of aryl methyl sites for hydroxylation is 1. The Morgan fingerprint density at radius 1 is 1.00 bits per heavy atom. The van der Waals surface area contributed by atoms with Crippen LogP contribution in [0.2, 0.25) is 0 Å². The molecule has 1 aromatic heterocycles. The van der Waals surface area contributed by atoms with Gasteiger partial charge in [-0.1, -0.05) is 17.7 Å². The van der Waals surface area contributed by atoms with E-state index in [1.165, 1.54) is 6.20 Å². The molecular weight excluding hydrogens is 318 g/mol. The minimum absolute atomic E-state index is 0.0546. The summed E-state index contributed by atoms with van der Waals surface area (Å²) in [5, 5.41) is 2.77. The molecule has 0 aliphatic carbocycles. The number of nitrogens with one attached hydrogen (secondary N) is 1. The molecule has 0 bridgehead atoms. The molecule has 2 aromatic carbocycles. The van der Waals surface area contributed by atoms with Crippen LogP contribution in [0.1, 0.15) is 5.56 Å². The van der Waals surface area contributed by atoms with Crippen molar-refractivity contribution in [1.29, 1.82) is 0 Å². The minimum Gasteiger partial charge on any atom is -0.484 e. The van der Waals surface area contributed by atoms with Crippen molar-refractivity contribution in [2.45, 2.75) is 6.92 Å². The number of hydrogen-bond donors (Lipinski definition) is 1. The van der Waals surface area contributed by atoms with Gasteiger partial charge in [-0.05, 0) is 43.3 Å². The molecule has 0 spiro atoms. The summed E-state index contributed by atoms with van der Waals surface area (Å²) in [6, 6.07) is 14.5. The quantitative estimate of drug-likeness (QED) is 0.745. The van der Waals surface area contributed by atoms with Crippen molar-refractivity contribution >= 4 is 11.6 Å². The minimum atomic E-state index is -0.233. The van der Waals surface area contributed by atoms with E-state index in [0.29, 0.717) is 23.1 Å². The van der Waals surface area contributed by atoms with Crippen LogP contribution in [0.4, 0.5) is 5.69 Å². The van der Waals surface area contributed by atoms with Crippen LogP contribution in [0.15, 0.2) is 67.1 Å². The Balaban J connectivity index is 1.50. The number of carbonyl (C=O) groups is 1. The number of hydrogen-bond acceptors (Lipinski definition) is 5. The third-order valence-corrected chi connectivity index (χ3v) is 3.29. The summed E-state index contributed by atoms with van der Waals surface area (Å²) in [6.45, 7) is 1.94. The van der Waals surface area contributed by atoms with Crippen LogP contribution >= 0.6 is 0 Å². The lowest BCUT2D eigenvalue weighted by atomic mass is 10.2. The van der Waals surface area contributed by atoms with Gasteiger partial charge in [0.05, 0.1) is 6.20 Å². The van der Waals surface area contributed by atoms with Gasteiger partial charge in [0.2, 0.25) is 5.88 Å². The van der Waals surface area contributed by atoms with E-state index in [-0.39, 0.29) is 12.5 Å². The summed E-state index contributed by atoms with van der Waals surface area (Å²) in [7, 11) is 0. The monoisotopic (exact) mass is 335 g/mol. The van der Waals surface area contributed by atoms with Crippen LogP contribution < -0.4 is 14.8 Å². The number of ether oxygens (including phenoxy) is 2. The second-order valence-corrected chi connectivity index (χ2v) is 5.32. The molecule has 126 valence electrons. The first-order chi connectivity index (χ1) is 12.2. The van der Waals surface area contributed by atoms with E-state index in [1.807, 2.05) is 31.2 Å². The van der Waals surface area contributed by atoms with Gasteiger partial charge in [0.1, 0.15) is 11.5 Å². The Labute approximate surface area is 145 Å². The van der Waals surface area contributed by atoms with Gasteiger partial charge in [-0.15, -0.1) is 0 Å². The van der Waals surface area contributed by atoms with Crippen molar-refractivity contribution in [1.82, 2.24) is 9.97 Å². The number of carbonyl (C=O) groups excluding carboxylic acids is 1. The number of benzene rings is 2. The fourth-order valence-corrected chi connectivity index (χ4v) is 2.05. The van der Waals surface area contributed by atoms with Gasteiger partial charge < -0.3 is 14.8 Å². The topological polar surface area (TPSA) is 73.3 Å². The lowest BCUT2D eigenvalue weighted by molar-refractivity contribution is -0.118. The van der Waals surface area contributed by atoms with E-state index < -0.39 is 0 Å². The molecule has 1 heterocycles. The standard InChI is InChI=1S/C19H17N3O3/c1-14-2-6-16(7-3-14)24-13-18(23)22-15-4-8-17(9-5-15)25-19-12-20-10-11-21-19/h2-12H,13H2,1H3,(H,22,23). The maximum absolute atomic E-state index is 11.9. The number of nitrogens with zero attached hydrogens (tertiary/aromatic N) is 2. The highest BCUT2D eigenvalue weighted by Gasteiger charge is 2.05. The Hall–Kier alpha value is -3.41. The molecule has 6 nitrogen and oxygen atoms in total. The molecule has 3 rings (SSSR count). The van der Waals surface area contributed by atoms with Crippen molar-refractivity contribution in [3.63, 3.8) is 0 Å². The molecule has 1 N–H and O–H groups in total. The zero-order valence-corrected chi connectivity index (χ0v) is 13.7. The highest BCUT2D eigenvalue weighted by molar-refractivity contribution is 5.91. The molecule has 0 aliphatic rings. The SMILES string of the molecule is Cc1ccc(OCC(=O)Nc2ccc(Oc3cnccn3)cc2)cc1. The van der Waals surface area contributed by atoms with Crippen molar-refractivity contribution < 1.29 is 14.3 Å². The van der Waals surface area contributed by atoms with Crippen LogP contribution in [0.3, 0.4) is 0 Å². The van der Waals surface area contributed by atoms with Gasteiger partial charge in [0.25, 0.3) is 5.91 Å². The second-order valence-electron chi connectivity index (χ2n) is 5.32. The van der Waals surface area contributed by atoms with Crippen LogP contribution in [-0.2, 0) is 4.79 Å². The largest absolute Gasteiger partial charge is 0.484 e. The zero-order chi connectivity index (χ0) is 17.5. The Kier molecular flexibility index (Phi) is 5.21. The smallest absolute Gasteiger partial charge is 0.262 e. The summed E-state index contributed by atoms with van der Waals surface area (Å²) in [5.41, 5.74) is 1.80. The summed E-state index contributed by atoms with van der Waals surface area (Å²) >= 11 is 0. The van der Waals surface area contributed by atoms with Crippen molar-refractivity contribution in [3.05, 3.63) is 72.7 Å². The molecule has 3 aromatic rings. The average Bonchev–Trinajstić information content (AvgIpc) is 2.64. The predicted molar refractivity (Wildman–Crippen MR) is 93.9 cm³/mol. The summed E-state index contributed by atoms with van der Waals surface area (Å²) < 4.78 is 11.0. The Bertz CT molecular complexity index is 819. The predicted octanol–water partition coefficient (Wildman–Crippen LogP) is 3.59. The van der Waals surface area contributed by atoms with E-state index in [9.17, 15) is 4.79 Å². The summed E-state index contributed by atoms with van der Waals surface area (Å²) in [5.74, 6) is 1.44. The van der Waals surface area contributed by atoms with Crippen molar-refractivity contribution in [2.75, 3.05) is 11.9 Å². The number of anilines is 1. The molecule has 0 radical (unpaired) electrons. The van der Waals surface area contributed by atoms with Crippen LogP contribution in [-0.4, -0.2) is 22.5 Å². The highest BCUT2D eigenvalue weighted by atomic mass is 16.5. The second kappa shape index (κ2) is 7.92.